The number of carbonyl (C=O) groups excluding carboxylic acids is 2. The maximum Gasteiger partial charge on any atom is 0.229 e. The number of hydrogen-bond donors (Lipinski definition) is 1. The maximum absolute atomic E-state index is 12.8. The number of para-hydroxylation sites is 2. The van der Waals surface area contributed by atoms with Gasteiger partial charge < -0.3 is 10.2 Å². The first-order valence-corrected chi connectivity index (χ1v) is 9.29. The number of benzene rings is 2. The van der Waals surface area contributed by atoms with E-state index in [9.17, 15) is 9.59 Å². The Morgan fingerprint density at radius 2 is 1.85 bits per heavy atom. The van der Waals surface area contributed by atoms with Crippen LogP contribution in [0.2, 0.25) is 0 Å². The highest BCUT2D eigenvalue weighted by molar-refractivity contribution is 6.04. The minimum atomic E-state index is -0.326. The molecule has 2 aromatic carbocycles. The van der Waals surface area contributed by atoms with Gasteiger partial charge >= 0.3 is 0 Å². The van der Waals surface area contributed by atoms with Gasteiger partial charge in [0, 0.05) is 24.3 Å². The number of rotatable bonds is 5. The average Bonchev–Trinajstić information content (AvgIpc) is 3.03. The molecule has 0 spiro atoms. The van der Waals surface area contributed by atoms with Crippen molar-refractivity contribution in [2.75, 3.05) is 16.8 Å². The van der Waals surface area contributed by atoms with E-state index < -0.39 is 0 Å². The second-order valence-corrected chi connectivity index (χ2v) is 7.12. The molecule has 1 fully saturated rings. The molecular weight excluding hydrogens is 324 g/mol. The lowest BCUT2D eigenvalue weighted by Gasteiger charge is -2.20. The molecule has 1 saturated heterocycles. The standard InChI is InChI=1S/C22H26N2O2/c1-4-16-9-5-8-12-20(16)24-14-17(13-21(24)25)22(26)23-19-11-7-6-10-18(19)15(2)3/h5-12,15,17H,4,13-14H2,1-3H3,(H,23,26). The third-order valence-corrected chi connectivity index (χ3v) is 5.00. The van der Waals surface area contributed by atoms with Crippen molar-refractivity contribution in [2.24, 2.45) is 5.92 Å². The largest absolute Gasteiger partial charge is 0.326 e. The lowest BCUT2D eigenvalue weighted by Crippen LogP contribution is -2.29. The molecule has 0 aromatic heterocycles. The molecule has 136 valence electrons. The van der Waals surface area contributed by atoms with Gasteiger partial charge in [-0.25, -0.2) is 0 Å². The topological polar surface area (TPSA) is 49.4 Å². The van der Waals surface area contributed by atoms with Crippen molar-refractivity contribution >= 4 is 23.2 Å². The normalized spacial score (nSPS) is 17.0. The van der Waals surface area contributed by atoms with E-state index in [0.717, 1.165) is 28.9 Å². The number of amides is 2. The number of hydrogen-bond acceptors (Lipinski definition) is 2. The average molecular weight is 350 g/mol. The van der Waals surface area contributed by atoms with Crippen molar-refractivity contribution in [2.45, 2.75) is 39.5 Å². The van der Waals surface area contributed by atoms with Crippen molar-refractivity contribution in [3.63, 3.8) is 0 Å². The third-order valence-electron chi connectivity index (χ3n) is 5.00. The maximum atomic E-state index is 12.8. The minimum absolute atomic E-state index is 0.0168. The van der Waals surface area contributed by atoms with Gasteiger partial charge in [-0.15, -0.1) is 0 Å². The first-order valence-electron chi connectivity index (χ1n) is 9.29. The number of nitrogens with one attached hydrogen (secondary N) is 1. The summed E-state index contributed by atoms with van der Waals surface area (Å²) in [5, 5.41) is 3.04. The number of carbonyl (C=O) groups is 2. The summed E-state index contributed by atoms with van der Waals surface area (Å²) in [6, 6.07) is 15.8. The molecule has 0 saturated carbocycles. The summed E-state index contributed by atoms with van der Waals surface area (Å²) in [5.74, 6) is -0.0663. The van der Waals surface area contributed by atoms with Gasteiger partial charge in [0.15, 0.2) is 0 Å². The fraction of sp³-hybridized carbons (Fsp3) is 0.364. The van der Waals surface area contributed by atoms with Crippen molar-refractivity contribution < 1.29 is 9.59 Å². The zero-order valence-corrected chi connectivity index (χ0v) is 15.7. The summed E-state index contributed by atoms with van der Waals surface area (Å²) in [4.78, 5) is 27.1. The van der Waals surface area contributed by atoms with Gasteiger partial charge in [0.05, 0.1) is 5.92 Å². The van der Waals surface area contributed by atoms with Gasteiger partial charge in [-0.05, 0) is 35.6 Å². The monoisotopic (exact) mass is 350 g/mol. The lowest BCUT2D eigenvalue weighted by atomic mass is 10.0. The molecule has 1 unspecified atom stereocenters. The Hall–Kier alpha value is -2.62. The van der Waals surface area contributed by atoms with Crippen LogP contribution in [0.25, 0.3) is 0 Å². The molecule has 1 N–H and O–H groups in total. The van der Waals surface area contributed by atoms with E-state index in [1.807, 2.05) is 48.5 Å². The summed E-state index contributed by atoms with van der Waals surface area (Å²) in [7, 11) is 0. The van der Waals surface area contributed by atoms with Crippen LogP contribution < -0.4 is 10.2 Å². The van der Waals surface area contributed by atoms with E-state index in [1.165, 1.54) is 0 Å². The summed E-state index contributed by atoms with van der Waals surface area (Å²) in [6.07, 6.45) is 1.12. The minimum Gasteiger partial charge on any atom is -0.326 e. The zero-order chi connectivity index (χ0) is 18.7. The van der Waals surface area contributed by atoms with Crippen LogP contribution in [0.5, 0.6) is 0 Å². The lowest BCUT2D eigenvalue weighted by molar-refractivity contribution is -0.122. The van der Waals surface area contributed by atoms with Gasteiger partial charge in [0.2, 0.25) is 11.8 Å². The first kappa shape index (κ1) is 18.2. The number of anilines is 2. The van der Waals surface area contributed by atoms with Crippen molar-refractivity contribution in [1.29, 1.82) is 0 Å². The van der Waals surface area contributed by atoms with Gasteiger partial charge in [-0.2, -0.15) is 0 Å². The second-order valence-electron chi connectivity index (χ2n) is 7.12. The quantitative estimate of drug-likeness (QED) is 0.871. The van der Waals surface area contributed by atoms with E-state index >= 15 is 0 Å². The Bertz CT molecular complexity index is 813. The van der Waals surface area contributed by atoms with Crippen LogP contribution in [0, 0.1) is 5.92 Å². The highest BCUT2D eigenvalue weighted by atomic mass is 16.2. The molecule has 2 amide bonds. The van der Waals surface area contributed by atoms with Crippen molar-refractivity contribution in [3.8, 4) is 0 Å². The molecule has 26 heavy (non-hydrogen) atoms. The first-order chi connectivity index (χ1) is 12.5. The van der Waals surface area contributed by atoms with E-state index in [2.05, 4.69) is 26.1 Å². The molecule has 2 aromatic rings. The molecule has 4 heteroatoms. The van der Waals surface area contributed by atoms with Crippen LogP contribution in [0.1, 0.15) is 44.2 Å². The molecule has 0 radical (unpaired) electrons. The predicted octanol–water partition coefficient (Wildman–Crippen LogP) is 4.36. The van der Waals surface area contributed by atoms with E-state index in [0.29, 0.717) is 12.5 Å². The molecular formula is C22H26N2O2. The third kappa shape index (κ3) is 3.64. The van der Waals surface area contributed by atoms with Crippen LogP contribution in [0.4, 0.5) is 11.4 Å². The molecule has 1 heterocycles. The van der Waals surface area contributed by atoms with E-state index in [4.69, 9.17) is 0 Å². The van der Waals surface area contributed by atoms with Crippen LogP contribution in [0.3, 0.4) is 0 Å². The predicted molar refractivity (Wildman–Crippen MR) is 105 cm³/mol. The Balaban J connectivity index is 1.76. The Morgan fingerprint density at radius 3 is 2.58 bits per heavy atom. The summed E-state index contributed by atoms with van der Waals surface area (Å²) in [5.41, 5.74) is 4.01. The Morgan fingerprint density at radius 1 is 1.15 bits per heavy atom. The van der Waals surface area contributed by atoms with Crippen LogP contribution in [0.15, 0.2) is 48.5 Å². The molecule has 0 bridgehead atoms. The molecule has 0 aliphatic carbocycles. The highest BCUT2D eigenvalue weighted by Gasteiger charge is 2.36. The SMILES string of the molecule is CCc1ccccc1N1CC(C(=O)Nc2ccccc2C(C)C)CC1=O. The number of aryl methyl sites for hydroxylation is 1. The van der Waals surface area contributed by atoms with Crippen molar-refractivity contribution in [3.05, 3.63) is 59.7 Å². The Kier molecular flexibility index (Phi) is 5.40. The summed E-state index contributed by atoms with van der Waals surface area (Å²) >= 11 is 0. The smallest absolute Gasteiger partial charge is 0.229 e. The highest BCUT2D eigenvalue weighted by Crippen LogP contribution is 2.30. The Labute approximate surface area is 155 Å². The van der Waals surface area contributed by atoms with Crippen molar-refractivity contribution in [1.82, 2.24) is 0 Å². The second kappa shape index (κ2) is 7.73. The van der Waals surface area contributed by atoms with Crippen LogP contribution in [-0.2, 0) is 16.0 Å². The van der Waals surface area contributed by atoms with E-state index in [1.54, 1.807) is 4.90 Å². The van der Waals surface area contributed by atoms with Gasteiger partial charge in [0.1, 0.15) is 0 Å². The summed E-state index contributed by atoms with van der Waals surface area (Å²) < 4.78 is 0. The zero-order valence-electron chi connectivity index (χ0n) is 15.7. The number of nitrogens with zero attached hydrogens (tertiary/aromatic N) is 1. The van der Waals surface area contributed by atoms with E-state index in [-0.39, 0.29) is 24.2 Å². The van der Waals surface area contributed by atoms with Crippen LogP contribution in [-0.4, -0.2) is 18.4 Å². The molecule has 1 aliphatic rings. The molecule has 1 atom stereocenters. The fourth-order valence-corrected chi connectivity index (χ4v) is 3.54. The van der Waals surface area contributed by atoms with Gasteiger partial charge in [-0.1, -0.05) is 57.2 Å². The fourth-order valence-electron chi connectivity index (χ4n) is 3.54. The van der Waals surface area contributed by atoms with Gasteiger partial charge in [0.25, 0.3) is 0 Å². The summed E-state index contributed by atoms with van der Waals surface area (Å²) in [6.45, 7) is 6.72. The molecule has 1 aliphatic heterocycles. The van der Waals surface area contributed by atoms with Gasteiger partial charge in [-0.3, -0.25) is 9.59 Å². The molecule has 4 nitrogen and oxygen atoms in total. The van der Waals surface area contributed by atoms with Crippen LogP contribution >= 0.6 is 0 Å². The molecule has 3 rings (SSSR count).